The minimum atomic E-state index is -0.292. The zero-order valence-corrected chi connectivity index (χ0v) is 11.2. The van der Waals surface area contributed by atoms with Crippen LogP contribution in [0.25, 0.3) is 0 Å². The molecule has 0 heterocycles. The van der Waals surface area contributed by atoms with Crippen LogP contribution in [-0.2, 0) is 6.54 Å². The van der Waals surface area contributed by atoms with Gasteiger partial charge in [0.1, 0.15) is 5.82 Å². The van der Waals surface area contributed by atoms with Crippen molar-refractivity contribution in [2.45, 2.75) is 19.9 Å². The van der Waals surface area contributed by atoms with Gasteiger partial charge in [-0.3, -0.25) is 4.90 Å². The van der Waals surface area contributed by atoms with E-state index in [-0.39, 0.29) is 10.8 Å². The Morgan fingerprint density at radius 3 is 2.76 bits per heavy atom. The summed E-state index contributed by atoms with van der Waals surface area (Å²) in [7, 11) is 1.92. The molecule has 0 unspecified atom stereocenters. The second kappa shape index (κ2) is 7.64. The Balaban J connectivity index is 2.67. The van der Waals surface area contributed by atoms with Crippen LogP contribution in [0.5, 0.6) is 0 Å². The van der Waals surface area contributed by atoms with Gasteiger partial charge >= 0.3 is 0 Å². The number of benzene rings is 1. The molecule has 1 aromatic rings. The van der Waals surface area contributed by atoms with Gasteiger partial charge in [-0.15, -0.1) is 0 Å². The summed E-state index contributed by atoms with van der Waals surface area (Å²) in [6.45, 7) is 5.52. The van der Waals surface area contributed by atoms with Crippen molar-refractivity contribution in [3.05, 3.63) is 34.6 Å². The molecule has 0 fully saturated rings. The topological polar surface area (TPSA) is 15.3 Å². The van der Waals surface area contributed by atoms with Gasteiger partial charge in [-0.1, -0.05) is 30.7 Å². The number of nitrogens with zero attached hydrogens (tertiary/aromatic N) is 1. The molecule has 0 bridgehead atoms. The Hall–Kier alpha value is -0.640. The highest BCUT2D eigenvalue weighted by Crippen LogP contribution is 2.19. The second-order valence-electron chi connectivity index (χ2n) is 4.09. The summed E-state index contributed by atoms with van der Waals surface area (Å²) in [5, 5.41) is 3.31. The van der Waals surface area contributed by atoms with Gasteiger partial charge in [-0.05, 0) is 26.1 Å². The number of halogens is 2. The summed E-state index contributed by atoms with van der Waals surface area (Å²) < 4.78 is 13.8. The van der Waals surface area contributed by atoms with Crippen molar-refractivity contribution < 1.29 is 4.39 Å². The molecule has 0 saturated carbocycles. The highest BCUT2D eigenvalue weighted by molar-refractivity contribution is 6.30. The molecule has 17 heavy (non-hydrogen) atoms. The van der Waals surface area contributed by atoms with Crippen molar-refractivity contribution >= 4 is 11.6 Å². The van der Waals surface area contributed by atoms with Gasteiger partial charge in [0.2, 0.25) is 0 Å². The van der Waals surface area contributed by atoms with E-state index < -0.39 is 0 Å². The van der Waals surface area contributed by atoms with Crippen LogP contribution < -0.4 is 5.32 Å². The Labute approximate surface area is 108 Å². The van der Waals surface area contributed by atoms with Gasteiger partial charge < -0.3 is 5.32 Å². The smallest absolute Gasteiger partial charge is 0.146 e. The first-order valence-corrected chi connectivity index (χ1v) is 6.36. The molecule has 1 aromatic carbocycles. The maximum Gasteiger partial charge on any atom is 0.146 e. The van der Waals surface area contributed by atoms with E-state index in [1.165, 1.54) is 0 Å². The molecule has 0 saturated heterocycles. The molecular weight excluding hydrogens is 239 g/mol. The number of hydrogen-bond donors (Lipinski definition) is 1. The van der Waals surface area contributed by atoms with Crippen LogP contribution in [0.1, 0.15) is 18.9 Å². The van der Waals surface area contributed by atoms with E-state index in [1.807, 2.05) is 7.05 Å². The van der Waals surface area contributed by atoms with Crippen LogP contribution in [0.4, 0.5) is 4.39 Å². The number of rotatable bonds is 7. The molecule has 0 atom stereocenters. The maximum absolute atomic E-state index is 13.8. The van der Waals surface area contributed by atoms with Crippen molar-refractivity contribution in [3.8, 4) is 0 Å². The predicted octanol–water partition coefficient (Wildman–Crippen LogP) is 2.91. The average molecular weight is 259 g/mol. The molecule has 1 N–H and O–H groups in total. The fourth-order valence-electron chi connectivity index (χ4n) is 1.77. The first kappa shape index (κ1) is 14.4. The SMILES string of the molecule is CCCN(CCNC)Cc1cccc(Cl)c1F. The highest BCUT2D eigenvalue weighted by Gasteiger charge is 2.10. The summed E-state index contributed by atoms with van der Waals surface area (Å²) in [4.78, 5) is 2.23. The van der Waals surface area contributed by atoms with Gasteiger partial charge in [-0.25, -0.2) is 4.39 Å². The molecule has 2 nitrogen and oxygen atoms in total. The lowest BCUT2D eigenvalue weighted by Gasteiger charge is -2.22. The summed E-state index contributed by atoms with van der Waals surface area (Å²) in [6.07, 6.45) is 1.06. The Morgan fingerprint density at radius 2 is 2.12 bits per heavy atom. The number of hydrogen-bond acceptors (Lipinski definition) is 2. The quantitative estimate of drug-likeness (QED) is 0.809. The first-order valence-electron chi connectivity index (χ1n) is 5.98. The Bertz CT molecular complexity index is 344. The monoisotopic (exact) mass is 258 g/mol. The van der Waals surface area contributed by atoms with Crippen LogP contribution in [-0.4, -0.2) is 31.6 Å². The fourth-order valence-corrected chi connectivity index (χ4v) is 1.96. The van der Waals surface area contributed by atoms with Crippen molar-refractivity contribution in [1.29, 1.82) is 0 Å². The van der Waals surface area contributed by atoms with E-state index in [9.17, 15) is 4.39 Å². The lowest BCUT2D eigenvalue weighted by Crippen LogP contribution is -2.31. The zero-order valence-electron chi connectivity index (χ0n) is 10.5. The third-order valence-corrected chi connectivity index (χ3v) is 2.94. The zero-order chi connectivity index (χ0) is 12.7. The molecule has 4 heteroatoms. The standard InChI is InChI=1S/C13H20ClFN2/c1-3-8-17(9-7-16-2)10-11-5-4-6-12(14)13(11)15/h4-6,16H,3,7-10H2,1-2H3. The highest BCUT2D eigenvalue weighted by atomic mass is 35.5. The van der Waals surface area contributed by atoms with Gasteiger partial charge in [0.25, 0.3) is 0 Å². The molecule has 0 spiro atoms. The molecule has 0 radical (unpaired) electrons. The lowest BCUT2D eigenvalue weighted by molar-refractivity contribution is 0.264. The minimum absolute atomic E-state index is 0.201. The second-order valence-corrected chi connectivity index (χ2v) is 4.50. The molecule has 96 valence electrons. The third kappa shape index (κ3) is 4.62. The summed E-state index contributed by atoms with van der Waals surface area (Å²) in [6, 6.07) is 5.17. The number of likely N-dealkylation sites (N-methyl/N-ethyl adjacent to an activating group) is 1. The molecular formula is C13H20ClFN2. The van der Waals surface area contributed by atoms with E-state index in [0.717, 1.165) is 26.1 Å². The molecule has 0 aliphatic carbocycles. The van der Waals surface area contributed by atoms with Crippen molar-refractivity contribution in [3.63, 3.8) is 0 Å². The molecule has 0 amide bonds. The largest absolute Gasteiger partial charge is 0.318 e. The predicted molar refractivity (Wildman–Crippen MR) is 70.9 cm³/mol. The van der Waals surface area contributed by atoms with Crippen molar-refractivity contribution in [1.82, 2.24) is 10.2 Å². The summed E-state index contributed by atoms with van der Waals surface area (Å²) in [5.41, 5.74) is 0.669. The van der Waals surface area contributed by atoms with E-state index in [1.54, 1.807) is 18.2 Å². The maximum atomic E-state index is 13.8. The van der Waals surface area contributed by atoms with Crippen LogP contribution in [0.15, 0.2) is 18.2 Å². The summed E-state index contributed by atoms with van der Waals surface area (Å²) >= 11 is 5.77. The van der Waals surface area contributed by atoms with Crippen LogP contribution >= 0.6 is 11.6 Å². The average Bonchev–Trinajstić information content (AvgIpc) is 2.32. The van der Waals surface area contributed by atoms with E-state index in [2.05, 4.69) is 17.1 Å². The van der Waals surface area contributed by atoms with E-state index in [0.29, 0.717) is 12.1 Å². The summed E-state index contributed by atoms with van der Waals surface area (Å²) in [5.74, 6) is -0.292. The van der Waals surface area contributed by atoms with E-state index in [4.69, 9.17) is 11.6 Å². The minimum Gasteiger partial charge on any atom is -0.318 e. The first-order chi connectivity index (χ1) is 8.19. The number of nitrogens with one attached hydrogen (secondary N) is 1. The Morgan fingerprint density at radius 1 is 1.35 bits per heavy atom. The third-order valence-electron chi connectivity index (χ3n) is 2.64. The fraction of sp³-hybridized carbons (Fsp3) is 0.538. The van der Waals surface area contributed by atoms with Gasteiger partial charge in [-0.2, -0.15) is 0 Å². The molecule has 1 rings (SSSR count). The van der Waals surface area contributed by atoms with Gasteiger partial charge in [0.05, 0.1) is 5.02 Å². The van der Waals surface area contributed by atoms with E-state index >= 15 is 0 Å². The van der Waals surface area contributed by atoms with Crippen LogP contribution in [0.2, 0.25) is 5.02 Å². The molecule has 0 aliphatic rings. The lowest BCUT2D eigenvalue weighted by atomic mass is 10.2. The van der Waals surface area contributed by atoms with Gasteiger partial charge in [0.15, 0.2) is 0 Å². The van der Waals surface area contributed by atoms with Crippen LogP contribution in [0.3, 0.4) is 0 Å². The van der Waals surface area contributed by atoms with Crippen molar-refractivity contribution in [2.75, 3.05) is 26.7 Å². The van der Waals surface area contributed by atoms with Crippen LogP contribution in [0, 0.1) is 5.82 Å². The normalized spacial score (nSPS) is 11.1. The molecule has 0 aromatic heterocycles. The van der Waals surface area contributed by atoms with Gasteiger partial charge in [0, 0.05) is 25.2 Å². The van der Waals surface area contributed by atoms with Crippen molar-refractivity contribution in [2.24, 2.45) is 0 Å². The molecule has 0 aliphatic heterocycles. The Kier molecular flexibility index (Phi) is 6.48.